The largest absolute Gasteiger partial charge is 0.483 e. The molecule has 10 heavy (non-hydrogen) atoms. The zero-order chi connectivity index (χ0) is 8.15. The highest BCUT2D eigenvalue weighted by Crippen LogP contribution is 1.94. The molecule has 0 bridgehead atoms. The molecule has 0 saturated heterocycles. The summed E-state index contributed by atoms with van der Waals surface area (Å²) in [5, 5.41) is 17.1. The lowest BCUT2D eigenvalue weighted by Gasteiger charge is -1.94. The van der Waals surface area contributed by atoms with Crippen LogP contribution in [0.2, 0.25) is 0 Å². The number of allylic oxidation sites excluding steroid dienone is 4. The van der Waals surface area contributed by atoms with Gasteiger partial charge in [-0.15, -0.1) is 0 Å². The van der Waals surface area contributed by atoms with E-state index in [9.17, 15) is 0 Å². The highest BCUT2D eigenvalue weighted by atomic mass is 16.4. The van der Waals surface area contributed by atoms with Gasteiger partial charge in [0.25, 0.3) is 0 Å². The summed E-state index contributed by atoms with van der Waals surface area (Å²) in [6, 6.07) is 0. The molecule has 4 N–H and O–H groups in total. The maximum absolute atomic E-state index is 8.55. The molecule has 56 valence electrons. The van der Waals surface area contributed by atoms with Gasteiger partial charge in [0.2, 0.25) is 0 Å². The van der Waals surface area contributed by atoms with Crippen LogP contribution in [0.3, 0.4) is 0 Å². The van der Waals surface area contributed by atoms with Gasteiger partial charge in [0.1, 0.15) is 0 Å². The molecule has 0 spiro atoms. The zero-order valence-electron chi connectivity index (χ0n) is 6.20. The summed E-state index contributed by atoms with van der Waals surface area (Å²) in [6.07, 6.45) is 3.19. The van der Waals surface area contributed by atoms with Crippen LogP contribution >= 0.6 is 0 Å². The minimum Gasteiger partial charge on any atom is -0.423 e. The van der Waals surface area contributed by atoms with E-state index in [1.807, 2.05) is 0 Å². The summed E-state index contributed by atoms with van der Waals surface area (Å²) in [6.45, 7) is 3.34. The van der Waals surface area contributed by atoms with E-state index in [1.165, 1.54) is 0 Å². The van der Waals surface area contributed by atoms with E-state index in [4.69, 9.17) is 15.8 Å². The van der Waals surface area contributed by atoms with Crippen molar-refractivity contribution in [2.24, 2.45) is 5.73 Å². The molecule has 0 aliphatic rings. The highest BCUT2D eigenvalue weighted by molar-refractivity contribution is 6.50. The summed E-state index contributed by atoms with van der Waals surface area (Å²) in [4.78, 5) is 0. The molecule has 0 heterocycles. The number of nitrogens with two attached hydrogens (primary N) is 1. The van der Waals surface area contributed by atoms with Crippen LogP contribution in [-0.2, 0) is 0 Å². The predicted molar refractivity (Wildman–Crippen MR) is 41.9 cm³/mol. The molecule has 0 aliphatic heterocycles. The van der Waals surface area contributed by atoms with Gasteiger partial charge in [-0.2, -0.15) is 0 Å². The highest BCUT2D eigenvalue weighted by Gasteiger charge is 2.06. The number of rotatable bonds is 2. The van der Waals surface area contributed by atoms with Crippen LogP contribution < -0.4 is 5.73 Å². The lowest BCUT2D eigenvalue weighted by Crippen LogP contribution is -2.12. The van der Waals surface area contributed by atoms with Gasteiger partial charge in [-0.1, -0.05) is 6.08 Å². The first-order valence-electron chi connectivity index (χ1n) is 3.00. The van der Waals surface area contributed by atoms with Crippen LogP contribution in [0.4, 0.5) is 0 Å². The average Bonchev–Trinajstić information content (AvgIpc) is 1.82. The van der Waals surface area contributed by atoms with Crippen molar-refractivity contribution in [3.8, 4) is 0 Å². The molecule has 3 nitrogen and oxygen atoms in total. The zero-order valence-corrected chi connectivity index (χ0v) is 6.20. The Kier molecular flexibility index (Phi) is 3.84. The van der Waals surface area contributed by atoms with Gasteiger partial charge in [0.15, 0.2) is 0 Å². The van der Waals surface area contributed by atoms with E-state index >= 15 is 0 Å². The molecule has 0 unspecified atom stereocenters. The lowest BCUT2D eigenvalue weighted by atomic mass is 9.80. The van der Waals surface area contributed by atoms with E-state index in [0.29, 0.717) is 11.2 Å². The predicted octanol–water partition coefficient (Wildman–Crippen LogP) is -0.193. The van der Waals surface area contributed by atoms with E-state index in [-0.39, 0.29) is 0 Å². The molecule has 0 atom stereocenters. The molecule has 4 heteroatoms. The van der Waals surface area contributed by atoms with Crippen molar-refractivity contribution in [2.45, 2.75) is 13.8 Å². The Morgan fingerprint density at radius 1 is 1.30 bits per heavy atom. The van der Waals surface area contributed by atoms with Crippen LogP contribution in [0, 0.1) is 0 Å². The summed E-state index contributed by atoms with van der Waals surface area (Å²) >= 11 is 0. The minimum atomic E-state index is -1.38. The third-order valence-corrected chi connectivity index (χ3v) is 1.02. The molecule has 0 aromatic rings. The van der Waals surface area contributed by atoms with Gasteiger partial charge in [-0.3, -0.25) is 0 Å². The summed E-state index contributed by atoms with van der Waals surface area (Å²) in [7, 11) is -1.38. The first-order valence-corrected chi connectivity index (χ1v) is 3.00. The standard InChI is InChI=1S/C6H12BNO2/c1-5(7(9)10)3-4-6(2)8/h3-4,9-10H,8H2,1-2H3/b5-3+,6-4+. The van der Waals surface area contributed by atoms with E-state index in [0.717, 1.165) is 0 Å². The molecule has 0 fully saturated rings. The Morgan fingerprint density at radius 2 is 1.80 bits per heavy atom. The lowest BCUT2D eigenvalue weighted by molar-refractivity contribution is 0.419. The molecule has 0 amide bonds. The summed E-state index contributed by atoms with van der Waals surface area (Å²) < 4.78 is 0. The third-order valence-electron chi connectivity index (χ3n) is 1.02. The quantitative estimate of drug-likeness (QED) is 0.368. The smallest absolute Gasteiger partial charge is 0.423 e. The van der Waals surface area contributed by atoms with Crippen molar-refractivity contribution in [1.29, 1.82) is 0 Å². The Morgan fingerprint density at radius 3 is 2.10 bits per heavy atom. The van der Waals surface area contributed by atoms with Crippen molar-refractivity contribution in [1.82, 2.24) is 0 Å². The normalized spacial score (nSPS) is 13.6. The molecular formula is C6H12BNO2. The Balaban J connectivity index is 4.05. The fraction of sp³-hybridized carbons (Fsp3) is 0.333. The Hall–Kier alpha value is -0.735. The van der Waals surface area contributed by atoms with Gasteiger partial charge in [0, 0.05) is 5.70 Å². The van der Waals surface area contributed by atoms with E-state index < -0.39 is 7.12 Å². The fourth-order valence-corrected chi connectivity index (χ4v) is 0.349. The van der Waals surface area contributed by atoms with Gasteiger partial charge in [0.05, 0.1) is 0 Å². The van der Waals surface area contributed by atoms with Gasteiger partial charge >= 0.3 is 7.12 Å². The van der Waals surface area contributed by atoms with Crippen LogP contribution in [0.1, 0.15) is 13.8 Å². The van der Waals surface area contributed by atoms with Crippen LogP contribution in [-0.4, -0.2) is 17.2 Å². The van der Waals surface area contributed by atoms with Crippen molar-refractivity contribution in [3.63, 3.8) is 0 Å². The van der Waals surface area contributed by atoms with Crippen molar-refractivity contribution >= 4 is 7.12 Å². The molecule has 0 radical (unpaired) electrons. The third kappa shape index (κ3) is 4.17. The Bertz CT molecular complexity index is 159. The first-order chi connectivity index (χ1) is 4.54. The van der Waals surface area contributed by atoms with Crippen LogP contribution in [0.15, 0.2) is 23.3 Å². The maximum Gasteiger partial charge on any atom is 0.483 e. The molecule has 0 aliphatic carbocycles. The van der Waals surface area contributed by atoms with Crippen LogP contribution in [0.25, 0.3) is 0 Å². The van der Waals surface area contributed by atoms with E-state index in [1.54, 1.807) is 26.0 Å². The molecule has 0 aromatic heterocycles. The average molecular weight is 141 g/mol. The Labute approximate surface area is 61.0 Å². The molecule has 0 saturated carbocycles. The summed E-state index contributed by atoms with van der Waals surface area (Å²) in [5.74, 6) is 0. The first kappa shape index (κ1) is 9.26. The second-order valence-corrected chi connectivity index (χ2v) is 2.20. The number of hydrogen-bond donors (Lipinski definition) is 3. The minimum absolute atomic E-state index is 0.477. The monoisotopic (exact) mass is 141 g/mol. The summed E-state index contributed by atoms with van der Waals surface area (Å²) in [5.41, 5.74) is 6.41. The maximum atomic E-state index is 8.55. The van der Waals surface area contributed by atoms with Crippen molar-refractivity contribution < 1.29 is 10.0 Å². The number of hydrogen-bond acceptors (Lipinski definition) is 3. The van der Waals surface area contributed by atoms with Gasteiger partial charge in [-0.05, 0) is 25.4 Å². The second-order valence-electron chi connectivity index (χ2n) is 2.20. The van der Waals surface area contributed by atoms with Gasteiger partial charge in [-0.25, -0.2) is 0 Å². The second kappa shape index (κ2) is 4.14. The topological polar surface area (TPSA) is 66.5 Å². The van der Waals surface area contributed by atoms with Gasteiger partial charge < -0.3 is 15.8 Å². The molecular weight excluding hydrogens is 129 g/mol. The van der Waals surface area contributed by atoms with Crippen LogP contribution in [0.5, 0.6) is 0 Å². The molecule has 0 rings (SSSR count). The van der Waals surface area contributed by atoms with E-state index in [2.05, 4.69) is 0 Å². The molecule has 0 aromatic carbocycles. The SMILES string of the molecule is C/C(=C\C=C(/C)N)B(O)O. The van der Waals surface area contributed by atoms with Crippen molar-refractivity contribution in [2.75, 3.05) is 0 Å². The van der Waals surface area contributed by atoms with Crippen molar-refractivity contribution in [3.05, 3.63) is 23.3 Å². The fourth-order valence-electron chi connectivity index (χ4n) is 0.349.